The topological polar surface area (TPSA) is 28.2 Å². The number of rotatable bonds is 4. The molecule has 0 saturated heterocycles. The smallest absolute Gasteiger partial charge is 0.128 e. The predicted octanol–water partition coefficient (Wildman–Crippen LogP) is 2.81. The summed E-state index contributed by atoms with van der Waals surface area (Å²) in [4.78, 5) is 6.58. The summed E-state index contributed by atoms with van der Waals surface area (Å²) in [5.74, 6) is 1.04. The normalized spacial score (nSPS) is 11.9. The molecule has 1 N–H and O–H groups in total. The lowest BCUT2D eigenvalue weighted by atomic mass is 10.1. The van der Waals surface area contributed by atoms with Crippen LogP contribution in [0.3, 0.4) is 0 Å². The number of pyridine rings is 1. The van der Waals surface area contributed by atoms with Crippen LogP contribution in [0.1, 0.15) is 40.2 Å². The maximum absolute atomic E-state index is 4.40. The van der Waals surface area contributed by atoms with E-state index in [-0.39, 0.29) is 5.54 Å². The van der Waals surface area contributed by atoms with E-state index in [4.69, 9.17) is 0 Å². The van der Waals surface area contributed by atoms with Gasteiger partial charge in [0.2, 0.25) is 0 Å². The second-order valence-corrected chi connectivity index (χ2v) is 5.83. The molecule has 3 heteroatoms. The van der Waals surface area contributed by atoms with Crippen molar-refractivity contribution in [3.05, 3.63) is 23.9 Å². The minimum Gasteiger partial charge on any atom is -0.357 e. The maximum atomic E-state index is 4.40. The van der Waals surface area contributed by atoms with Gasteiger partial charge in [-0.2, -0.15) is 0 Å². The van der Waals surface area contributed by atoms with E-state index < -0.39 is 0 Å². The monoisotopic (exact) mass is 235 g/mol. The lowest BCUT2D eigenvalue weighted by Crippen LogP contribution is -2.35. The molecular weight excluding hydrogens is 210 g/mol. The van der Waals surface area contributed by atoms with Crippen LogP contribution in [0, 0.1) is 0 Å². The Hall–Kier alpha value is -1.09. The molecule has 0 saturated carbocycles. The third kappa shape index (κ3) is 4.73. The van der Waals surface area contributed by atoms with Crippen molar-refractivity contribution in [3.8, 4) is 0 Å². The molecular formula is C14H25N3. The van der Waals surface area contributed by atoms with Gasteiger partial charge in [-0.05, 0) is 52.3 Å². The largest absolute Gasteiger partial charge is 0.357 e. The van der Waals surface area contributed by atoms with Crippen LogP contribution in [0.25, 0.3) is 0 Å². The van der Waals surface area contributed by atoms with Crippen molar-refractivity contribution in [1.29, 1.82) is 0 Å². The first-order chi connectivity index (χ1) is 7.79. The van der Waals surface area contributed by atoms with Gasteiger partial charge in [-0.3, -0.25) is 0 Å². The molecule has 3 nitrogen and oxygen atoms in total. The van der Waals surface area contributed by atoms with Gasteiger partial charge in [-0.15, -0.1) is 0 Å². The first-order valence-corrected chi connectivity index (χ1v) is 6.22. The van der Waals surface area contributed by atoms with Gasteiger partial charge in [-0.1, -0.05) is 0 Å². The summed E-state index contributed by atoms with van der Waals surface area (Å²) in [6, 6.07) is 4.68. The summed E-state index contributed by atoms with van der Waals surface area (Å²) in [5.41, 5.74) is 1.42. The summed E-state index contributed by atoms with van der Waals surface area (Å²) < 4.78 is 0. The zero-order chi connectivity index (χ0) is 13.1. The molecule has 0 amide bonds. The Morgan fingerprint density at radius 1 is 1.35 bits per heavy atom. The molecule has 0 aliphatic carbocycles. The zero-order valence-electron chi connectivity index (χ0n) is 11.9. The third-order valence-corrected chi connectivity index (χ3v) is 2.77. The lowest BCUT2D eigenvalue weighted by molar-refractivity contribution is 0.424. The lowest BCUT2D eigenvalue weighted by Gasteiger charge is -2.24. The van der Waals surface area contributed by atoms with Gasteiger partial charge in [0.25, 0.3) is 0 Å². The molecule has 96 valence electrons. The zero-order valence-corrected chi connectivity index (χ0v) is 11.9. The van der Waals surface area contributed by atoms with Crippen LogP contribution in [0.15, 0.2) is 18.3 Å². The SMILES string of the molecule is CC(C)N(C)c1cc(CNC(C)(C)C)ccn1. The highest BCUT2D eigenvalue weighted by molar-refractivity contribution is 5.40. The van der Waals surface area contributed by atoms with Crippen LogP contribution < -0.4 is 10.2 Å². The Labute approximate surface area is 105 Å². The second kappa shape index (κ2) is 5.50. The summed E-state index contributed by atoms with van der Waals surface area (Å²) in [5, 5.41) is 3.49. The van der Waals surface area contributed by atoms with Crippen molar-refractivity contribution in [2.24, 2.45) is 0 Å². The second-order valence-electron chi connectivity index (χ2n) is 5.83. The van der Waals surface area contributed by atoms with E-state index in [1.165, 1.54) is 5.56 Å². The quantitative estimate of drug-likeness (QED) is 0.870. The molecule has 0 radical (unpaired) electrons. The standard InChI is InChI=1S/C14H25N3/c1-11(2)17(6)13-9-12(7-8-15-13)10-16-14(3,4)5/h7-9,11,16H,10H2,1-6H3. The summed E-state index contributed by atoms with van der Waals surface area (Å²) >= 11 is 0. The average molecular weight is 235 g/mol. The number of hydrogen-bond acceptors (Lipinski definition) is 3. The summed E-state index contributed by atoms with van der Waals surface area (Å²) in [7, 11) is 2.08. The third-order valence-electron chi connectivity index (χ3n) is 2.77. The minimum atomic E-state index is 0.146. The van der Waals surface area contributed by atoms with Crippen molar-refractivity contribution in [3.63, 3.8) is 0 Å². The Morgan fingerprint density at radius 2 is 2.00 bits per heavy atom. The van der Waals surface area contributed by atoms with Gasteiger partial charge in [0.1, 0.15) is 5.82 Å². The summed E-state index contributed by atoms with van der Waals surface area (Å²) in [6.45, 7) is 11.7. The van der Waals surface area contributed by atoms with Gasteiger partial charge in [-0.25, -0.2) is 4.98 Å². The summed E-state index contributed by atoms with van der Waals surface area (Å²) in [6.07, 6.45) is 1.88. The highest BCUT2D eigenvalue weighted by Gasteiger charge is 2.10. The molecule has 0 spiro atoms. The van der Waals surface area contributed by atoms with Crippen molar-refractivity contribution in [1.82, 2.24) is 10.3 Å². The van der Waals surface area contributed by atoms with Crippen molar-refractivity contribution in [2.45, 2.75) is 52.7 Å². The Morgan fingerprint density at radius 3 is 2.53 bits per heavy atom. The molecule has 0 unspecified atom stereocenters. The molecule has 17 heavy (non-hydrogen) atoms. The molecule has 1 aromatic rings. The highest BCUT2D eigenvalue weighted by atomic mass is 15.2. The van der Waals surface area contributed by atoms with Gasteiger partial charge in [0.05, 0.1) is 0 Å². The van der Waals surface area contributed by atoms with Gasteiger partial charge in [0.15, 0.2) is 0 Å². The number of aromatic nitrogens is 1. The molecule has 1 heterocycles. The van der Waals surface area contributed by atoms with Crippen LogP contribution in [0.4, 0.5) is 5.82 Å². The molecule has 0 aliphatic heterocycles. The van der Waals surface area contributed by atoms with Gasteiger partial charge >= 0.3 is 0 Å². The Bertz CT molecular complexity index is 353. The molecule has 0 bridgehead atoms. The minimum absolute atomic E-state index is 0.146. The Balaban J connectivity index is 2.73. The predicted molar refractivity (Wildman–Crippen MR) is 74.4 cm³/mol. The maximum Gasteiger partial charge on any atom is 0.128 e. The average Bonchev–Trinajstić information content (AvgIpc) is 2.24. The van der Waals surface area contributed by atoms with E-state index in [1.54, 1.807) is 0 Å². The van der Waals surface area contributed by atoms with E-state index in [0.717, 1.165) is 12.4 Å². The highest BCUT2D eigenvalue weighted by Crippen LogP contribution is 2.14. The Kier molecular flexibility index (Phi) is 4.52. The van der Waals surface area contributed by atoms with E-state index in [9.17, 15) is 0 Å². The van der Waals surface area contributed by atoms with Crippen LogP contribution >= 0.6 is 0 Å². The first kappa shape index (κ1) is 14.0. The van der Waals surface area contributed by atoms with Gasteiger partial charge < -0.3 is 10.2 Å². The number of hydrogen-bond donors (Lipinski definition) is 1. The van der Waals surface area contributed by atoms with Gasteiger partial charge in [0, 0.05) is 31.4 Å². The molecule has 0 aromatic carbocycles. The fourth-order valence-corrected chi connectivity index (χ4v) is 1.40. The number of nitrogens with zero attached hydrogens (tertiary/aromatic N) is 2. The van der Waals surface area contributed by atoms with Crippen molar-refractivity contribution < 1.29 is 0 Å². The molecule has 0 aliphatic rings. The molecule has 1 aromatic heterocycles. The number of anilines is 1. The van der Waals surface area contributed by atoms with Crippen LogP contribution in [-0.2, 0) is 6.54 Å². The molecule has 0 atom stereocenters. The molecule has 1 rings (SSSR count). The van der Waals surface area contributed by atoms with Crippen molar-refractivity contribution >= 4 is 5.82 Å². The number of nitrogens with one attached hydrogen (secondary N) is 1. The van der Waals surface area contributed by atoms with E-state index >= 15 is 0 Å². The fourth-order valence-electron chi connectivity index (χ4n) is 1.40. The fraction of sp³-hybridized carbons (Fsp3) is 0.643. The van der Waals surface area contributed by atoms with E-state index in [1.807, 2.05) is 6.20 Å². The van der Waals surface area contributed by atoms with Crippen molar-refractivity contribution in [2.75, 3.05) is 11.9 Å². The van der Waals surface area contributed by atoms with Crippen LogP contribution in [-0.4, -0.2) is 23.6 Å². The van der Waals surface area contributed by atoms with Crippen LogP contribution in [0.5, 0.6) is 0 Å². The van der Waals surface area contributed by atoms with Crippen LogP contribution in [0.2, 0.25) is 0 Å². The van der Waals surface area contributed by atoms with E-state index in [0.29, 0.717) is 6.04 Å². The molecule has 0 fully saturated rings. The van der Waals surface area contributed by atoms with E-state index in [2.05, 4.69) is 69.0 Å². The first-order valence-electron chi connectivity index (χ1n) is 6.22.